The van der Waals surface area contributed by atoms with Crippen LogP contribution in [0.1, 0.15) is 23.0 Å². The van der Waals surface area contributed by atoms with Crippen LogP contribution in [-0.4, -0.2) is 62.6 Å². The summed E-state index contributed by atoms with van der Waals surface area (Å²) >= 11 is 0. The van der Waals surface area contributed by atoms with Gasteiger partial charge in [-0.2, -0.15) is 9.78 Å². The third-order valence-electron chi connectivity index (χ3n) is 5.02. The van der Waals surface area contributed by atoms with Crippen molar-refractivity contribution < 1.29 is 18.7 Å². The van der Waals surface area contributed by atoms with Crippen LogP contribution in [0.2, 0.25) is 0 Å². The summed E-state index contributed by atoms with van der Waals surface area (Å²) in [7, 11) is 0. The van der Waals surface area contributed by atoms with Crippen LogP contribution in [0.15, 0.2) is 54.9 Å². The van der Waals surface area contributed by atoms with Crippen LogP contribution in [0.4, 0.5) is 9.18 Å². The molecule has 160 valence electrons. The van der Waals surface area contributed by atoms with Gasteiger partial charge in [-0.3, -0.25) is 9.69 Å². The summed E-state index contributed by atoms with van der Waals surface area (Å²) in [5.41, 5.74) is 1.35. The fraction of sp³-hybridized carbons (Fsp3) is 0.273. The Labute approximate surface area is 178 Å². The summed E-state index contributed by atoms with van der Waals surface area (Å²) in [5, 5.41) is 4.04. The number of aromatic nitrogens is 3. The summed E-state index contributed by atoms with van der Waals surface area (Å²) in [4.78, 5) is 31.9. The van der Waals surface area contributed by atoms with Crippen LogP contribution in [0, 0.1) is 5.82 Å². The maximum absolute atomic E-state index is 13.0. The zero-order valence-electron chi connectivity index (χ0n) is 17.1. The van der Waals surface area contributed by atoms with Gasteiger partial charge in [0.1, 0.15) is 17.3 Å². The topological polar surface area (TPSA) is 80.6 Å². The molecule has 0 spiro atoms. The standard InChI is InChI=1S/C22H22FN5O3/c1-16(29)20-7-8-28(25-20)22(30)27-11-9-26(10-12-27)15-17-3-2-4-19(13-17)31-21-6-5-18(23)14-24-21/h2-8,13-14H,9-12,15H2,1H3. The van der Waals surface area contributed by atoms with Crippen molar-refractivity contribution >= 4 is 11.8 Å². The lowest BCUT2D eigenvalue weighted by molar-refractivity contribution is 0.101. The van der Waals surface area contributed by atoms with Gasteiger partial charge in [0.25, 0.3) is 0 Å². The van der Waals surface area contributed by atoms with Crippen molar-refractivity contribution in [2.45, 2.75) is 13.5 Å². The zero-order chi connectivity index (χ0) is 21.8. The first-order valence-corrected chi connectivity index (χ1v) is 9.94. The number of piperazine rings is 1. The van der Waals surface area contributed by atoms with Gasteiger partial charge in [0, 0.05) is 51.9 Å². The highest BCUT2D eigenvalue weighted by Gasteiger charge is 2.23. The minimum atomic E-state index is -0.412. The SMILES string of the molecule is CC(=O)c1ccn(C(=O)N2CCN(Cc3cccc(Oc4ccc(F)cn4)c3)CC2)n1. The van der Waals surface area contributed by atoms with E-state index in [1.165, 1.54) is 29.9 Å². The van der Waals surface area contributed by atoms with E-state index in [4.69, 9.17) is 4.74 Å². The highest BCUT2D eigenvalue weighted by Crippen LogP contribution is 2.21. The molecule has 1 saturated heterocycles. The maximum atomic E-state index is 13.0. The smallest absolute Gasteiger partial charge is 0.344 e. The van der Waals surface area contributed by atoms with Crippen molar-refractivity contribution in [3.63, 3.8) is 0 Å². The highest BCUT2D eigenvalue weighted by atomic mass is 19.1. The largest absolute Gasteiger partial charge is 0.439 e. The van der Waals surface area contributed by atoms with Crippen molar-refractivity contribution in [3.05, 3.63) is 71.9 Å². The Morgan fingerprint density at radius 1 is 1.10 bits per heavy atom. The van der Waals surface area contributed by atoms with Gasteiger partial charge < -0.3 is 9.64 Å². The van der Waals surface area contributed by atoms with Crippen LogP contribution >= 0.6 is 0 Å². The molecule has 31 heavy (non-hydrogen) atoms. The van der Waals surface area contributed by atoms with Crippen LogP contribution < -0.4 is 4.74 Å². The van der Waals surface area contributed by atoms with Gasteiger partial charge in [-0.1, -0.05) is 12.1 Å². The Morgan fingerprint density at radius 3 is 2.58 bits per heavy atom. The minimum Gasteiger partial charge on any atom is -0.439 e. The number of ketones is 1. The molecule has 4 rings (SSSR count). The van der Waals surface area contributed by atoms with Crippen molar-refractivity contribution in [2.75, 3.05) is 26.2 Å². The number of carbonyl (C=O) groups excluding carboxylic acids is 2. The molecule has 3 heterocycles. The lowest BCUT2D eigenvalue weighted by atomic mass is 10.2. The minimum absolute atomic E-state index is 0.169. The average Bonchev–Trinajstić information content (AvgIpc) is 3.26. The molecule has 9 heteroatoms. The van der Waals surface area contributed by atoms with Crippen molar-refractivity contribution in [3.8, 4) is 11.6 Å². The summed E-state index contributed by atoms with van der Waals surface area (Å²) in [6, 6.07) is 11.8. The number of benzene rings is 1. The highest BCUT2D eigenvalue weighted by molar-refractivity contribution is 5.92. The number of hydrogen-bond acceptors (Lipinski definition) is 6. The molecule has 3 aromatic rings. The second-order valence-electron chi connectivity index (χ2n) is 7.31. The average molecular weight is 423 g/mol. The van der Waals surface area contributed by atoms with Gasteiger partial charge >= 0.3 is 6.03 Å². The number of ether oxygens (including phenoxy) is 1. The molecule has 1 aromatic carbocycles. The maximum Gasteiger partial charge on any atom is 0.344 e. The Balaban J connectivity index is 1.32. The number of amides is 1. The summed E-state index contributed by atoms with van der Waals surface area (Å²) in [6.45, 7) is 4.72. The van der Waals surface area contributed by atoms with Crippen molar-refractivity contribution in [1.82, 2.24) is 24.6 Å². The number of Topliss-reactive ketones (excluding diaryl/α,β-unsaturated/α-hetero) is 1. The van der Waals surface area contributed by atoms with E-state index in [2.05, 4.69) is 15.0 Å². The molecule has 0 N–H and O–H groups in total. The van der Waals surface area contributed by atoms with E-state index in [-0.39, 0.29) is 17.5 Å². The molecule has 1 amide bonds. The first-order valence-electron chi connectivity index (χ1n) is 9.94. The van der Waals surface area contributed by atoms with Gasteiger partial charge in [0.15, 0.2) is 5.78 Å². The Morgan fingerprint density at radius 2 is 1.90 bits per heavy atom. The molecule has 1 fully saturated rings. The fourth-order valence-electron chi connectivity index (χ4n) is 3.37. The van der Waals surface area contributed by atoms with Crippen LogP contribution in [0.25, 0.3) is 0 Å². The predicted octanol–water partition coefficient (Wildman–Crippen LogP) is 3.20. The summed E-state index contributed by atoms with van der Waals surface area (Å²) in [5.74, 6) is 0.381. The van der Waals surface area contributed by atoms with Gasteiger partial charge in [-0.25, -0.2) is 14.2 Å². The molecule has 0 saturated carbocycles. The molecule has 0 radical (unpaired) electrons. The Hall–Kier alpha value is -3.59. The van der Waals surface area contributed by atoms with E-state index < -0.39 is 5.82 Å². The zero-order valence-corrected chi connectivity index (χ0v) is 17.1. The van der Waals surface area contributed by atoms with Crippen LogP contribution in [0.5, 0.6) is 11.6 Å². The fourth-order valence-corrected chi connectivity index (χ4v) is 3.37. The second-order valence-corrected chi connectivity index (χ2v) is 7.31. The van der Waals surface area contributed by atoms with E-state index in [9.17, 15) is 14.0 Å². The number of rotatable bonds is 5. The molecular formula is C22H22FN5O3. The number of halogens is 1. The molecule has 0 atom stereocenters. The summed E-state index contributed by atoms with van der Waals surface area (Å²) < 4.78 is 19.9. The Bertz CT molecular complexity index is 1070. The second kappa shape index (κ2) is 9.05. The molecule has 1 aliphatic heterocycles. The quantitative estimate of drug-likeness (QED) is 0.587. The molecular weight excluding hydrogens is 401 g/mol. The van der Waals surface area contributed by atoms with Gasteiger partial charge in [-0.15, -0.1) is 0 Å². The number of carbonyl (C=O) groups is 2. The van der Waals surface area contributed by atoms with Crippen LogP contribution in [0.3, 0.4) is 0 Å². The third kappa shape index (κ3) is 5.13. The molecule has 0 unspecified atom stereocenters. The Kier molecular flexibility index (Phi) is 6.03. The monoisotopic (exact) mass is 423 g/mol. The molecule has 0 bridgehead atoms. The molecule has 2 aromatic heterocycles. The third-order valence-corrected chi connectivity index (χ3v) is 5.02. The van der Waals surface area contributed by atoms with Crippen LogP contribution in [-0.2, 0) is 6.54 Å². The molecule has 0 aliphatic carbocycles. The normalized spacial score (nSPS) is 14.5. The number of pyridine rings is 1. The van der Waals surface area contributed by atoms with E-state index in [0.29, 0.717) is 31.3 Å². The summed E-state index contributed by atoms with van der Waals surface area (Å²) in [6.07, 6.45) is 2.64. The molecule has 1 aliphatic rings. The van der Waals surface area contributed by atoms with Gasteiger partial charge in [0.2, 0.25) is 5.88 Å². The van der Waals surface area contributed by atoms with E-state index in [0.717, 1.165) is 24.8 Å². The molecule has 8 nitrogen and oxygen atoms in total. The number of hydrogen-bond donors (Lipinski definition) is 0. The lowest BCUT2D eigenvalue weighted by Gasteiger charge is -2.34. The first-order chi connectivity index (χ1) is 15.0. The predicted molar refractivity (Wildman–Crippen MR) is 111 cm³/mol. The van der Waals surface area contributed by atoms with Crippen molar-refractivity contribution in [2.24, 2.45) is 0 Å². The van der Waals surface area contributed by atoms with Crippen molar-refractivity contribution in [1.29, 1.82) is 0 Å². The van der Waals surface area contributed by atoms with E-state index in [1.807, 2.05) is 24.3 Å². The van der Waals surface area contributed by atoms with E-state index in [1.54, 1.807) is 11.0 Å². The van der Waals surface area contributed by atoms with Gasteiger partial charge in [0.05, 0.1) is 6.20 Å². The first kappa shape index (κ1) is 20.7. The number of nitrogens with zero attached hydrogens (tertiary/aromatic N) is 5. The lowest BCUT2D eigenvalue weighted by Crippen LogP contribution is -2.49. The van der Waals surface area contributed by atoms with Gasteiger partial charge in [-0.05, 0) is 29.8 Å². The van der Waals surface area contributed by atoms with E-state index >= 15 is 0 Å².